The lowest BCUT2D eigenvalue weighted by Gasteiger charge is -2.32. The van der Waals surface area contributed by atoms with Gasteiger partial charge in [-0.2, -0.15) is 0 Å². The van der Waals surface area contributed by atoms with Crippen molar-refractivity contribution in [3.63, 3.8) is 0 Å². The average molecular weight is 336 g/mol. The zero-order valence-electron chi connectivity index (χ0n) is 13.5. The van der Waals surface area contributed by atoms with Crippen molar-refractivity contribution in [3.8, 4) is 0 Å². The Labute approximate surface area is 141 Å². The van der Waals surface area contributed by atoms with Gasteiger partial charge in [-0.05, 0) is 37.7 Å². The standard InChI is InChI=1S/C17H22ClN3O2/c1-13(11-14-3-5-15(18)6-4-14)17(23)19-12-16(22)21-9-7-20(2)8-10-21/h3-6,11H,7-10,12H2,1-2H3,(H,19,23)/b13-11+. The summed E-state index contributed by atoms with van der Waals surface area (Å²) in [5.41, 5.74) is 1.45. The lowest BCUT2D eigenvalue weighted by atomic mass is 10.1. The van der Waals surface area contributed by atoms with Crippen molar-refractivity contribution in [2.45, 2.75) is 6.92 Å². The molecule has 124 valence electrons. The van der Waals surface area contributed by atoms with Gasteiger partial charge in [0.1, 0.15) is 0 Å². The molecule has 1 aromatic rings. The summed E-state index contributed by atoms with van der Waals surface area (Å²) in [7, 11) is 2.04. The van der Waals surface area contributed by atoms with Gasteiger partial charge in [-0.1, -0.05) is 23.7 Å². The molecule has 0 atom stereocenters. The van der Waals surface area contributed by atoms with Gasteiger partial charge in [0.15, 0.2) is 0 Å². The Bertz CT molecular complexity index is 590. The van der Waals surface area contributed by atoms with Crippen LogP contribution in [0.5, 0.6) is 0 Å². The normalized spacial score (nSPS) is 16.3. The Balaban J connectivity index is 1.84. The number of benzene rings is 1. The van der Waals surface area contributed by atoms with E-state index in [0.29, 0.717) is 23.7 Å². The Hall–Kier alpha value is -1.85. The first kappa shape index (κ1) is 17.5. The first-order valence-corrected chi connectivity index (χ1v) is 8.02. The van der Waals surface area contributed by atoms with Gasteiger partial charge in [-0.25, -0.2) is 0 Å². The molecular weight excluding hydrogens is 314 g/mol. The van der Waals surface area contributed by atoms with E-state index in [0.717, 1.165) is 18.7 Å². The highest BCUT2D eigenvalue weighted by Gasteiger charge is 2.19. The maximum absolute atomic E-state index is 12.1. The Morgan fingerprint density at radius 3 is 2.39 bits per heavy atom. The van der Waals surface area contributed by atoms with Gasteiger partial charge >= 0.3 is 0 Å². The first-order valence-electron chi connectivity index (χ1n) is 7.64. The van der Waals surface area contributed by atoms with Crippen LogP contribution in [0.3, 0.4) is 0 Å². The molecule has 5 nitrogen and oxygen atoms in total. The number of carbonyl (C=O) groups excluding carboxylic acids is 2. The summed E-state index contributed by atoms with van der Waals surface area (Å²) in [6, 6.07) is 7.23. The van der Waals surface area contributed by atoms with E-state index in [1.807, 2.05) is 19.2 Å². The summed E-state index contributed by atoms with van der Waals surface area (Å²) in [6.07, 6.45) is 1.77. The quantitative estimate of drug-likeness (QED) is 0.851. The van der Waals surface area contributed by atoms with E-state index in [1.165, 1.54) is 0 Å². The van der Waals surface area contributed by atoms with E-state index in [2.05, 4.69) is 10.2 Å². The molecule has 1 N–H and O–H groups in total. The molecule has 1 aliphatic rings. The summed E-state index contributed by atoms with van der Waals surface area (Å²) in [6.45, 7) is 4.93. The van der Waals surface area contributed by atoms with Crippen LogP contribution in [0.4, 0.5) is 0 Å². The number of rotatable bonds is 4. The monoisotopic (exact) mass is 335 g/mol. The van der Waals surface area contributed by atoms with Gasteiger partial charge in [0.2, 0.25) is 11.8 Å². The van der Waals surface area contributed by atoms with E-state index in [-0.39, 0.29) is 18.4 Å². The fourth-order valence-electron chi connectivity index (χ4n) is 2.34. The highest BCUT2D eigenvalue weighted by molar-refractivity contribution is 6.30. The molecule has 0 spiro atoms. The molecule has 0 aliphatic carbocycles. The summed E-state index contributed by atoms with van der Waals surface area (Å²) in [5.74, 6) is -0.270. The van der Waals surface area contributed by atoms with Gasteiger partial charge in [0.25, 0.3) is 0 Å². The van der Waals surface area contributed by atoms with E-state index >= 15 is 0 Å². The van der Waals surface area contributed by atoms with Crippen molar-refractivity contribution in [2.24, 2.45) is 0 Å². The molecule has 6 heteroatoms. The zero-order chi connectivity index (χ0) is 16.8. The summed E-state index contributed by atoms with van der Waals surface area (Å²) < 4.78 is 0. The maximum Gasteiger partial charge on any atom is 0.247 e. The third-order valence-corrected chi connectivity index (χ3v) is 4.12. The molecular formula is C17H22ClN3O2. The largest absolute Gasteiger partial charge is 0.343 e. The number of halogens is 1. The minimum Gasteiger partial charge on any atom is -0.343 e. The van der Waals surface area contributed by atoms with Gasteiger partial charge in [-0.3, -0.25) is 9.59 Å². The second kappa shape index (κ2) is 8.13. The number of carbonyl (C=O) groups is 2. The van der Waals surface area contributed by atoms with Gasteiger partial charge < -0.3 is 15.1 Å². The topological polar surface area (TPSA) is 52.7 Å². The number of piperazine rings is 1. The highest BCUT2D eigenvalue weighted by atomic mass is 35.5. The van der Waals surface area contributed by atoms with Crippen LogP contribution < -0.4 is 5.32 Å². The molecule has 2 amide bonds. The minimum atomic E-state index is -0.234. The van der Waals surface area contributed by atoms with Crippen molar-refractivity contribution in [2.75, 3.05) is 39.8 Å². The Kier molecular flexibility index (Phi) is 6.19. The lowest BCUT2D eigenvalue weighted by molar-refractivity contribution is -0.133. The molecule has 23 heavy (non-hydrogen) atoms. The number of amides is 2. The number of hydrogen-bond acceptors (Lipinski definition) is 3. The molecule has 0 aromatic heterocycles. The highest BCUT2D eigenvalue weighted by Crippen LogP contribution is 2.12. The van der Waals surface area contributed by atoms with Crippen LogP contribution in [0.25, 0.3) is 6.08 Å². The second-order valence-corrected chi connectivity index (χ2v) is 6.18. The molecule has 0 bridgehead atoms. The molecule has 2 rings (SSSR count). The molecule has 1 fully saturated rings. The molecule has 0 unspecified atom stereocenters. The van der Waals surface area contributed by atoms with Crippen LogP contribution in [0.15, 0.2) is 29.8 Å². The SMILES string of the molecule is C/C(=C\c1ccc(Cl)cc1)C(=O)NCC(=O)N1CCN(C)CC1. The number of nitrogens with zero attached hydrogens (tertiary/aromatic N) is 2. The average Bonchev–Trinajstić information content (AvgIpc) is 2.55. The van der Waals surface area contributed by atoms with Gasteiger partial charge in [0, 0.05) is 36.8 Å². The first-order chi connectivity index (χ1) is 11.0. The van der Waals surface area contributed by atoms with Crippen LogP contribution in [-0.4, -0.2) is 61.4 Å². The predicted molar refractivity (Wildman–Crippen MR) is 92.2 cm³/mol. The molecule has 1 heterocycles. The van der Waals surface area contributed by atoms with Gasteiger partial charge in [-0.15, -0.1) is 0 Å². The summed E-state index contributed by atoms with van der Waals surface area (Å²) in [4.78, 5) is 28.1. The fraction of sp³-hybridized carbons (Fsp3) is 0.412. The summed E-state index contributed by atoms with van der Waals surface area (Å²) >= 11 is 5.83. The molecule has 0 radical (unpaired) electrons. The van der Waals surface area contributed by atoms with Crippen LogP contribution >= 0.6 is 11.6 Å². The fourth-order valence-corrected chi connectivity index (χ4v) is 2.46. The number of nitrogens with one attached hydrogen (secondary N) is 1. The van der Waals surface area contributed by atoms with Crippen LogP contribution in [0.1, 0.15) is 12.5 Å². The zero-order valence-corrected chi connectivity index (χ0v) is 14.3. The molecule has 0 saturated carbocycles. The Morgan fingerprint density at radius 2 is 1.78 bits per heavy atom. The molecule has 1 saturated heterocycles. The van der Waals surface area contributed by atoms with Crippen molar-refractivity contribution < 1.29 is 9.59 Å². The third kappa shape index (κ3) is 5.37. The van der Waals surface area contributed by atoms with E-state index in [1.54, 1.807) is 30.0 Å². The van der Waals surface area contributed by atoms with Crippen molar-refractivity contribution in [3.05, 3.63) is 40.4 Å². The van der Waals surface area contributed by atoms with E-state index < -0.39 is 0 Å². The minimum absolute atomic E-state index is 0.0361. The molecule has 1 aliphatic heterocycles. The number of hydrogen-bond donors (Lipinski definition) is 1. The second-order valence-electron chi connectivity index (χ2n) is 5.75. The van der Waals surface area contributed by atoms with Crippen LogP contribution in [0.2, 0.25) is 5.02 Å². The lowest BCUT2D eigenvalue weighted by Crippen LogP contribution is -2.50. The van der Waals surface area contributed by atoms with Crippen molar-refractivity contribution in [1.29, 1.82) is 0 Å². The summed E-state index contributed by atoms with van der Waals surface area (Å²) in [5, 5.41) is 3.34. The predicted octanol–water partition coefficient (Wildman–Crippen LogP) is 1.63. The van der Waals surface area contributed by atoms with Crippen LogP contribution in [-0.2, 0) is 9.59 Å². The maximum atomic E-state index is 12.1. The third-order valence-electron chi connectivity index (χ3n) is 3.87. The van der Waals surface area contributed by atoms with E-state index in [4.69, 9.17) is 11.6 Å². The van der Waals surface area contributed by atoms with Crippen molar-refractivity contribution >= 4 is 29.5 Å². The number of likely N-dealkylation sites (N-methyl/N-ethyl adjacent to an activating group) is 1. The molecule has 1 aromatic carbocycles. The van der Waals surface area contributed by atoms with Crippen molar-refractivity contribution in [1.82, 2.24) is 15.1 Å². The van der Waals surface area contributed by atoms with Crippen LogP contribution in [0, 0.1) is 0 Å². The Morgan fingerprint density at radius 1 is 1.17 bits per heavy atom. The smallest absolute Gasteiger partial charge is 0.247 e. The van der Waals surface area contributed by atoms with E-state index in [9.17, 15) is 9.59 Å². The van der Waals surface area contributed by atoms with Gasteiger partial charge in [0.05, 0.1) is 6.54 Å².